The standard InChI is InChI=1S/C18H19NO7S/c1-12-8-14(5-7-15(12)23-2)27(21,22)19(10-18(20)24-3)13-4-6-16-17(9-13)26-11-25-16/h4-9H,10-11H2,1-3H3. The summed E-state index contributed by atoms with van der Waals surface area (Å²) in [5.41, 5.74) is 0.917. The Balaban J connectivity index is 2.06. The lowest BCUT2D eigenvalue weighted by Crippen LogP contribution is -2.36. The summed E-state index contributed by atoms with van der Waals surface area (Å²) >= 11 is 0. The number of benzene rings is 2. The largest absolute Gasteiger partial charge is 0.496 e. The molecule has 0 bridgehead atoms. The van der Waals surface area contributed by atoms with E-state index >= 15 is 0 Å². The van der Waals surface area contributed by atoms with Crippen molar-refractivity contribution in [1.82, 2.24) is 0 Å². The first-order chi connectivity index (χ1) is 12.9. The van der Waals surface area contributed by atoms with E-state index in [1.807, 2.05) is 0 Å². The van der Waals surface area contributed by atoms with Crippen molar-refractivity contribution in [1.29, 1.82) is 0 Å². The van der Waals surface area contributed by atoms with E-state index in [4.69, 9.17) is 14.2 Å². The smallest absolute Gasteiger partial charge is 0.326 e. The number of carbonyl (C=O) groups is 1. The van der Waals surface area contributed by atoms with Crippen molar-refractivity contribution < 1.29 is 32.2 Å². The number of ether oxygens (including phenoxy) is 4. The Labute approximate surface area is 157 Å². The highest BCUT2D eigenvalue weighted by molar-refractivity contribution is 7.92. The van der Waals surface area contributed by atoms with Crippen LogP contribution in [0, 0.1) is 6.92 Å². The van der Waals surface area contributed by atoms with Crippen LogP contribution in [0.4, 0.5) is 5.69 Å². The highest BCUT2D eigenvalue weighted by atomic mass is 32.2. The summed E-state index contributed by atoms with van der Waals surface area (Å²) < 4.78 is 47.9. The van der Waals surface area contributed by atoms with Crippen molar-refractivity contribution in [3.05, 3.63) is 42.0 Å². The number of nitrogens with zero attached hydrogens (tertiary/aromatic N) is 1. The highest BCUT2D eigenvalue weighted by Crippen LogP contribution is 2.37. The van der Waals surface area contributed by atoms with Crippen LogP contribution in [0.5, 0.6) is 17.2 Å². The Bertz CT molecular complexity index is 972. The van der Waals surface area contributed by atoms with Gasteiger partial charge in [-0.1, -0.05) is 0 Å². The minimum Gasteiger partial charge on any atom is -0.496 e. The number of methoxy groups -OCH3 is 2. The fourth-order valence-electron chi connectivity index (χ4n) is 2.68. The molecule has 0 saturated heterocycles. The van der Waals surface area contributed by atoms with Crippen LogP contribution in [-0.2, 0) is 19.6 Å². The van der Waals surface area contributed by atoms with Gasteiger partial charge in [0.1, 0.15) is 12.3 Å². The molecule has 0 aromatic heterocycles. The molecule has 144 valence electrons. The number of carbonyl (C=O) groups excluding carboxylic acids is 1. The summed E-state index contributed by atoms with van der Waals surface area (Å²) in [7, 11) is -1.34. The zero-order chi connectivity index (χ0) is 19.6. The molecular formula is C18H19NO7S. The minimum atomic E-state index is -4.04. The molecule has 0 N–H and O–H groups in total. The number of esters is 1. The van der Waals surface area contributed by atoms with Gasteiger partial charge in [0.05, 0.1) is 24.8 Å². The van der Waals surface area contributed by atoms with Gasteiger partial charge < -0.3 is 18.9 Å². The summed E-state index contributed by atoms with van der Waals surface area (Å²) in [6.45, 7) is 1.31. The third-order valence-electron chi connectivity index (χ3n) is 4.10. The molecule has 0 atom stereocenters. The lowest BCUT2D eigenvalue weighted by atomic mass is 10.2. The Kier molecular flexibility index (Phi) is 5.13. The van der Waals surface area contributed by atoms with Gasteiger partial charge in [-0.3, -0.25) is 9.10 Å². The molecule has 3 rings (SSSR count). The van der Waals surface area contributed by atoms with Crippen LogP contribution in [0.3, 0.4) is 0 Å². The molecule has 27 heavy (non-hydrogen) atoms. The molecule has 1 heterocycles. The second-order valence-corrected chi connectivity index (χ2v) is 7.62. The minimum absolute atomic E-state index is 0.0300. The van der Waals surface area contributed by atoms with Crippen LogP contribution < -0.4 is 18.5 Å². The SMILES string of the molecule is COC(=O)CN(c1ccc2c(c1)OCO2)S(=O)(=O)c1ccc(OC)c(C)c1. The molecule has 1 aliphatic heterocycles. The van der Waals surface area contributed by atoms with E-state index in [-0.39, 0.29) is 17.4 Å². The molecule has 8 nitrogen and oxygen atoms in total. The summed E-state index contributed by atoms with van der Waals surface area (Å²) in [6, 6.07) is 9.14. The van der Waals surface area contributed by atoms with E-state index in [1.54, 1.807) is 25.1 Å². The molecule has 9 heteroatoms. The van der Waals surface area contributed by atoms with Gasteiger partial charge in [0.25, 0.3) is 10.0 Å². The van der Waals surface area contributed by atoms with Gasteiger partial charge in [0.15, 0.2) is 11.5 Å². The van der Waals surface area contributed by atoms with Crippen molar-refractivity contribution in [2.45, 2.75) is 11.8 Å². The number of anilines is 1. The first-order valence-electron chi connectivity index (χ1n) is 8.00. The lowest BCUT2D eigenvalue weighted by molar-refractivity contribution is -0.138. The second kappa shape index (κ2) is 7.36. The number of hydrogen-bond donors (Lipinski definition) is 0. The van der Waals surface area contributed by atoms with Gasteiger partial charge in [-0.2, -0.15) is 0 Å². The monoisotopic (exact) mass is 393 g/mol. The fraction of sp³-hybridized carbons (Fsp3) is 0.278. The van der Waals surface area contributed by atoms with E-state index in [1.165, 1.54) is 32.4 Å². The summed E-state index contributed by atoms with van der Waals surface area (Å²) in [4.78, 5) is 11.9. The van der Waals surface area contributed by atoms with E-state index < -0.39 is 22.5 Å². The fourth-order valence-corrected chi connectivity index (χ4v) is 4.16. The Morgan fingerprint density at radius 1 is 1.11 bits per heavy atom. The number of aryl methyl sites for hydroxylation is 1. The molecular weight excluding hydrogens is 374 g/mol. The van der Waals surface area contributed by atoms with Crippen molar-refractivity contribution >= 4 is 21.7 Å². The maximum atomic E-state index is 13.2. The van der Waals surface area contributed by atoms with Crippen molar-refractivity contribution in [2.75, 3.05) is 31.9 Å². The molecule has 0 unspecified atom stereocenters. The average molecular weight is 393 g/mol. The molecule has 2 aromatic carbocycles. The Hall–Kier alpha value is -2.94. The maximum absolute atomic E-state index is 13.2. The van der Waals surface area contributed by atoms with Gasteiger partial charge in [0, 0.05) is 6.07 Å². The van der Waals surface area contributed by atoms with Crippen molar-refractivity contribution in [3.8, 4) is 17.2 Å². The van der Waals surface area contributed by atoms with Gasteiger partial charge in [-0.15, -0.1) is 0 Å². The predicted molar refractivity (Wildman–Crippen MR) is 96.8 cm³/mol. The van der Waals surface area contributed by atoms with E-state index in [9.17, 15) is 13.2 Å². The van der Waals surface area contributed by atoms with Crippen LogP contribution in [0.15, 0.2) is 41.3 Å². The third kappa shape index (κ3) is 3.63. The maximum Gasteiger partial charge on any atom is 0.326 e. The topological polar surface area (TPSA) is 91.4 Å². The van der Waals surface area contributed by atoms with Crippen molar-refractivity contribution in [2.24, 2.45) is 0 Å². The molecule has 1 aliphatic rings. The summed E-state index contributed by atoms with van der Waals surface area (Å²) in [6.07, 6.45) is 0. The van der Waals surface area contributed by atoms with Crippen LogP contribution in [0.25, 0.3) is 0 Å². The zero-order valence-corrected chi connectivity index (χ0v) is 15.9. The number of hydrogen-bond acceptors (Lipinski definition) is 7. The van der Waals surface area contributed by atoms with Crippen LogP contribution in [0.2, 0.25) is 0 Å². The van der Waals surface area contributed by atoms with Gasteiger partial charge in [0.2, 0.25) is 6.79 Å². The molecule has 0 radical (unpaired) electrons. The van der Waals surface area contributed by atoms with E-state index in [0.29, 0.717) is 22.8 Å². The normalized spacial score (nSPS) is 12.6. The summed E-state index contributed by atoms with van der Waals surface area (Å²) in [5, 5.41) is 0. The number of rotatable bonds is 6. The van der Waals surface area contributed by atoms with Crippen LogP contribution >= 0.6 is 0 Å². The molecule has 0 spiro atoms. The van der Waals surface area contributed by atoms with Gasteiger partial charge >= 0.3 is 5.97 Å². The third-order valence-corrected chi connectivity index (χ3v) is 5.87. The number of fused-ring (bicyclic) bond motifs is 1. The zero-order valence-electron chi connectivity index (χ0n) is 15.1. The van der Waals surface area contributed by atoms with Gasteiger partial charge in [-0.05, 0) is 42.8 Å². The lowest BCUT2D eigenvalue weighted by Gasteiger charge is -2.24. The van der Waals surface area contributed by atoms with E-state index in [0.717, 1.165) is 4.31 Å². The first-order valence-corrected chi connectivity index (χ1v) is 9.44. The molecule has 2 aromatic rings. The highest BCUT2D eigenvalue weighted by Gasteiger charge is 2.29. The molecule has 0 aliphatic carbocycles. The van der Waals surface area contributed by atoms with Crippen LogP contribution in [-0.4, -0.2) is 41.9 Å². The van der Waals surface area contributed by atoms with E-state index in [2.05, 4.69) is 4.74 Å². The molecule has 0 saturated carbocycles. The quantitative estimate of drug-likeness (QED) is 0.694. The van der Waals surface area contributed by atoms with Gasteiger partial charge in [-0.25, -0.2) is 8.42 Å². The summed E-state index contributed by atoms with van der Waals surface area (Å²) in [5.74, 6) is 0.788. The first kappa shape index (κ1) is 18.8. The Morgan fingerprint density at radius 2 is 1.85 bits per heavy atom. The van der Waals surface area contributed by atoms with Crippen molar-refractivity contribution in [3.63, 3.8) is 0 Å². The molecule has 0 fully saturated rings. The Morgan fingerprint density at radius 3 is 2.52 bits per heavy atom. The van der Waals surface area contributed by atoms with Crippen LogP contribution in [0.1, 0.15) is 5.56 Å². The predicted octanol–water partition coefficient (Wildman–Crippen LogP) is 2.10. The molecule has 0 amide bonds. The average Bonchev–Trinajstić information content (AvgIpc) is 3.13. The second-order valence-electron chi connectivity index (χ2n) is 5.76. The number of sulfonamides is 1.